The van der Waals surface area contributed by atoms with Crippen LogP contribution in [-0.2, 0) is 0 Å². The number of rotatable bonds is 3. The van der Waals surface area contributed by atoms with Gasteiger partial charge in [0.2, 0.25) is 0 Å². The Kier molecular flexibility index (Phi) is 4.54. The second-order valence-electron chi connectivity index (χ2n) is 7.99. The second-order valence-corrected chi connectivity index (χ2v) is 7.99. The molecule has 3 rings (SSSR count). The molecule has 0 radical (unpaired) electrons. The third-order valence-corrected chi connectivity index (χ3v) is 7.00. The molecule has 0 heteroatoms. The van der Waals surface area contributed by atoms with Gasteiger partial charge >= 0.3 is 0 Å². The van der Waals surface area contributed by atoms with Gasteiger partial charge in [0.1, 0.15) is 0 Å². The molecule has 19 heavy (non-hydrogen) atoms. The molecule has 3 atom stereocenters. The Hall–Kier alpha value is 0. The molecular weight excluding hydrogens is 228 g/mol. The van der Waals surface area contributed by atoms with Crippen molar-refractivity contribution in [2.45, 2.75) is 96.8 Å². The van der Waals surface area contributed by atoms with Crippen LogP contribution in [-0.4, -0.2) is 0 Å². The summed E-state index contributed by atoms with van der Waals surface area (Å²) in [5, 5.41) is 0. The molecule has 0 saturated heterocycles. The van der Waals surface area contributed by atoms with Gasteiger partial charge in [0.15, 0.2) is 0 Å². The Morgan fingerprint density at radius 3 is 2.26 bits per heavy atom. The van der Waals surface area contributed by atoms with E-state index in [4.69, 9.17) is 0 Å². The quantitative estimate of drug-likeness (QED) is 0.556. The van der Waals surface area contributed by atoms with E-state index in [1.54, 1.807) is 44.9 Å². The van der Waals surface area contributed by atoms with Crippen molar-refractivity contribution in [3.8, 4) is 0 Å². The van der Waals surface area contributed by atoms with Crippen LogP contribution >= 0.6 is 0 Å². The van der Waals surface area contributed by atoms with Crippen LogP contribution in [0.25, 0.3) is 0 Å². The van der Waals surface area contributed by atoms with Crippen LogP contribution in [0.5, 0.6) is 0 Å². The van der Waals surface area contributed by atoms with E-state index in [0.29, 0.717) is 0 Å². The highest BCUT2D eigenvalue weighted by molar-refractivity contribution is 4.94. The lowest BCUT2D eigenvalue weighted by atomic mass is 9.55. The highest BCUT2D eigenvalue weighted by Gasteiger charge is 2.43. The van der Waals surface area contributed by atoms with Gasteiger partial charge in [-0.3, -0.25) is 0 Å². The van der Waals surface area contributed by atoms with Gasteiger partial charge in [-0.15, -0.1) is 0 Å². The van der Waals surface area contributed by atoms with Crippen LogP contribution in [0.3, 0.4) is 0 Å². The zero-order chi connectivity index (χ0) is 13.1. The molecule has 3 unspecified atom stereocenters. The van der Waals surface area contributed by atoms with E-state index < -0.39 is 0 Å². The van der Waals surface area contributed by atoms with Crippen molar-refractivity contribution in [3.63, 3.8) is 0 Å². The molecule has 0 aromatic carbocycles. The van der Waals surface area contributed by atoms with Crippen LogP contribution in [0, 0.1) is 23.2 Å². The van der Waals surface area contributed by atoms with E-state index in [0.717, 1.165) is 23.2 Å². The first-order valence-electron chi connectivity index (χ1n) is 9.34. The largest absolute Gasteiger partial charge is 0.0654 e. The standard InChI is InChI=1S/C19H34/c1-2-12-19(13-6-3-7-14-19)18-11-10-16-8-4-5-9-17(16)15-18/h16-18H,2-15H2,1H3. The minimum Gasteiger partial charge on any atom is -0.0654 e. The molecule has 0 N–H and O–H groups in total. The Bertz CT molecular complexity index is 268. The van der Waals surface area contributed by atoms with E-state index >= 15 is 0 Å². The average molecular weight is 262 g/mol. The molecule has 3 saturated carbocycles. The molecule has 0 aromatic heterocycles. The first kappa shape index (κ1) is 14.0. The predicted molar refractivity (Wildman–Crippen MR) is 83.2 cm³/mol. The smallest absolute Gasteiger partial charge is 0.0269 e. The summed E-state index contributed by atoms with van der Waals surface area (Å²) in [6.45, 7) is 2.42. The maximum Gasteiger partial charge on any atom is -0.0269 e. The van der Waals surface area contributed by atoms with Crippen molar-refractivity contribution in [1.82, 2.24) is 0 Å². The first-order chi connectivity index (χ1) is 9.34. The van der Waals surface area contributed by atoms with E-state index in [2.05, 4.69) is 6.92 Å². The van der Waals surface area contributed by atoms with Crippen LogP contribution in [0.4, 0.5) is 0 Å². The fourth-order valence-corrected chi connectivity index (χ4v) is 6.05. The molecule has 0 amide bonds. The number of fused-ring (bicyclic) bond motifs is 1. The fourth-order valence-electron chi connectivity index (χ4n) is 6.05. The molecule has 0 nitrogen and oxygen atoms in total. The summed E-state index contributed by atoms with van der Waals surface area (Å²) in [6, 6.07) is 0. The molecule has 3 aliphatic rings. The van der Waals surface area contributed by atoms with Crippen molar-refractivity contribution < 1.29 is 0 Å². The minimum atomic E-state index is 0.787. The van der Waals surface area contributed by atoms with E-state index in [-0.39, 0.29) is 0 Å². The number of hydrogen-bond donors (Lipinski definition) is 0. The van der Waals surface area contributed by atoms with E-state index in [9.17, 15) is 0 Å². The minimum absolute atomic E-state index is 0.787. The summed E-state index contributed by atoms with van der Waals surface area (Å²) in [5.74, 6) is 3.36. The lowest BCUT2D eigenvalue weighted by molar-refractivity contribution is 0.0102. The average Bonchev–Trinajstić information content (AvgIpc) is 2.48. The van der Waals surface area contributed by atoms with Crippen LogP contribution in [0.1, 0.15) is 96.8 Å². The van der Waals surface area contributed by atoms with Gasteiger partial charge in [-0.2, -0.15) is 0 Å². The molecule has 0 aliphatic heterocycles. The third kappa shape index (κ3) is 2.88. The van der Waals surface area contributed by atoms with Gasteiger partial charge in [-0.25, -0.2) is 0 Å². The lowest BCUT2D eigenvalue weighted by Crippen LogP contribution is -2.39. The maximum atomic E-state index is 2.42. The highest BCUT2D eigenvalue weighted by atomic mass is 14.5. The van der Waals surface area contributed by atoms with Gasteiger partial charge in [-0.05, 0) is 61.7 Å². The summed E-state index contributed by atoms with van der Waals surface area (Å²) < 4.78 is 0. The summed E-state index contributed by atoms with van der Waals surface area (Å²) in [4.78, 5) is 0. The Balaban J connectivity index is 1.68. The van der Waals surface area contributed by atoms with Gasteiger partial charge in [0.05, 0.1) is 0 Å². The molecule has 0 bridgehead atoms. The normalized spacial score (nSPS) is 38.7. The molecule has 0 spiro atoms. The van der Waals surface area contributed by atoms with Gasteiger partial charge < -0.3 is 0 Å². The molecule has 3 fully saturated rings. The second kappa shape index (κ2) is 6.19. The van der Waals surface area contributed by atoms with Crippen molar-refractivity contribution in [2.75, 3.05) is 0 Å². The van der Waals surface area contributed by atoms with Crippen LogP contribution in [0.2, 0.25) is 0 Å². The molecular formula is C19H34. The third-order valence-electron chi connectivity index (χ3n) is 7.00. The Labute approximate surface area is 120 Å². The zero-order valence-corrected chi connectivity index (χ0v) is 13.1. The highest BCUT2D eigenvalue weighted by Crippen LogP contribution is 2.54. The van der Waals surface area contributed by atoms with Gasteiger partial charge in [0.25, 0.3) is 0 Å². The number of hydrogen-bond acceptors (Lipinski definition) is 0. The van der Waals surface area contributed by atoms with Crippen LogP contribution in [0.15, 0.2) is 0 Å². The van der Waals surface area contributed by atoms with Crippen LogP contribution < -0.4 is 0 Å². The molecule has 110 valence electrons. The summed E-state index contributed by atoms with van der Waals surface area (Å²) >= 11 is 0. The summed E-state index contributed by atoms with van der Waals surface area (Å²) in [6.07, 6.45) is 21.7. The first-order valence-corrected chi connectivity index (χ1v) is 9.34. The van der Waals surface area contributed by atoms with Gasteiger partial charge in [0, 0.05) is 0 Å². The SMILES string of the molecule is CCCC1(C2CCC3CCCCC3C2)CCCCC1. The van der Waals surface area contributed by atoms with E-state index in [1.165, 1.54) is 44.9 Å². The predicted octanol–water partition coefficient (Wildman–Crippen LogP) is 6.34. The lowest BCUT2D eigenvalue weighted by Gasteiger charge is -2.50. The monoisotopic (exact) mass is 262 g/mol. The summed E-state index contributed by atoms with van der Waals surface area (Å²) in [5.41, 5.74) is 0.787. The molecule has 0 heterocycles. The maximum absolute atomic E-state index is 2.42. The van der Waals surface area contributed by atoms with Gasteiger partial charge in [-0.1, -0.05) is 58.3 Å². The fraction of sp³-hybridized carbons (Fsp3) is 1.00. The van der Waals surface area contributed by atoms with Crippen molar-refractivity contribution in [2.24, 2.45) is 23.2 Å². The van der Waals surface area contributed by atoms with Crippen molar-refractivity contribution in [3.05, 3.63) is 0 Å². The van der Waals surface area contributed by atoms with Crippen molar-refractivity contribution >= 4 is 0 Å². The Morgan fingerprint density at radius 2 is 1.53 bits per heavy atom. The zero-order valence-electron chi connectivity index (χ0n) is 13.1. The topological polar surface area (TPSA) is 0 Å². The summed E-state index contributed by atoms with van der Waals surface area (Å²) in [7, 11) is 0. The van der Waals surface area contributed by atoms with Crippen molar-refractivity contribution in [1.29, 1.82) is 0 Å². The Morgan fingerprint density at radius 1 is 0.789 bits per heavy atom. The molecule has 3 aliphatic carbocycles. The van der Waals surface area contributed by atoms with E-state index in [1.807, 2.05) is 0 Å². The molecule has 0 aromatic rings.